The maximum absolute atomic E-state index is 12.4. The number of ether oxygens (including phenoxy) is 1. The van der Waals surface area contributed by atoms with Crippen LogP contribution in [0.4, 0.5) is 5.95 Å². The van der Waals surface area contributed by atoms with Crippen LogP contribution in [0.3, 0.4) is 0 Å². The lowest BCUT2D eigenvalue weighted by Gasteiger charge is -2.35. The van der Waals surface area contributed by atoms with Gasteiger partial charge in [0, 0.05) is 49.6 Å². The fraction of sp³-hybridized carbons (Fsp3) is 0.579. The number of hydrogen-bond acceptors (Lipinski definition) is 7. The Kier molecular flexibility index (Phi) is 6.33. The standard InChI is InChI=1S/C19H25BrN6O2/c20-15-10-21-19(22-11-15)23-12-16-3-1-2-5-25(16)6-7-26-18(27)9-14-13-28-8-4-17(14)24-26/h9-11,16H,1-8,12-13H2,(H,21,22,23). The molecule has 4 rings (SSSR count). The molecule has 4 heterocycles. The highest BCUT2D eigenvalue weighted by Crippen LogP contribution is 2.18. The normalized spacial score (nSPS) is 20.0. The minimum atomic E-state index is -0.0424. The van der Waals surface area contributed by atoms with E-state index in [9.17, 15) is 4.79 Å². The second-order valence-corrected chi connectivity index (χ2v) is 8.19. The lowest BCUT2D eigenvalue weighted by atomic mass is 10.0. The molecule has 0 amide bonds. The molecule has 28 heavy (non-hydrogen) atoms. The van der Waals surface area contributed by atoms with Gasteiger partial charge in [-0.1, -0.05) is 6.42 Å². The SMILES string of the molecule is O=c1cc2c(nn1CCN1CCCCC1CNc1ncc(Br)cn1)CCOC2. The van der Waals surface area contributed by atoms with Crippen LogP contribution in [0, 0.1) is 0 Å². The van der Waals surface area contributed by atoms with Crippen molar-refractivity contribution in [3.63, 3.8) is 0 Å². The van der Waals surface area contributed by atoms with Gasteiger partial charge in [-0.05, 0) is 35.3 Å². The molecule has 8 nitrogen and oxygen atoms in total. The fourth-order valence-electron chi connectivity index (χ4n) is 3.83. The highest BCUT2D eigenvalue weighted by molar-refractivity contribution is 9.10. The quantitative estimate of drug-likeness (QED) is 0.721. The smallest absolute Gasteiger partial charge is 0.267 e. The third-order valence-corrected chi connectivity index (χ3v) is 5.78. The minimum absolute atomic E-state index is 0.0424. The molecule has 1 saturated heterocycles. The van der Waals surface area contributed by atoms with E-state index in [1.807, 2.05) is 0 Å². The lowest BCUT2D eigenvalue weighted by Crippen LogP contribution is -2.46. The number of halogens is 1. The molecule has 0 aromatic carbocycles. The molecule has 1 fully saturated rings. The van der Waals surface area contributed by atoms with Crippen LogP contribution in [0.1, 0.15) is 30.5 Å². The van der Waals surface area contributed by atoms with Gasteiger partial charge in [-0.2, -0.15) is 5.10 Å². The van der Waals surface area contributed by atoms with Gasteiger partial charge < -0.3 is 10.1 Å². The van der Waals surface area contributed by atoms with Crippen LogP contribution >= 0.6 is 15.9 Å². The van der Waals surface area contributed by atoms with E-state index in [1.54, 1.807) is 23.1 Å². The molecule has 0 spiro atoms. The zero-order chi connectivity index (χ0) is 19.3. The van der Waals surface area contributed by atoms with E-state index in [2.05, 4.69) is 41.2 Å². The Hall–Kier alpha value is -1.84. The molecule has 2 aromatic heterocycles. The van der Waals surface area contributed by atoms with Crippen LogP contribution in [-0.2, 0) is 24.3 Å². The number of rotatable bonds is 6. The number of fused-ring (bicyclic) bond motifs is 1. The van der Waals surface area contributed by atoms with Gasteiger partial charge in [0.1, 0.15) is 0 Å². The van der Waals surface area contributed by atoms with Crippen molar-refractivity contribution in [2.24, 2.45) is 0 Å². The second kappa shape index (κ2) is 9.11. The third-order valence-electron chi connectivity index (χ3n) is 5.37. The first-order valence-corrected chi connectivity index (χ1v) is 10.6. The first-order valence-electron chi connectivity index (χ1n) is 9.82. The first kappa shape index (κ1) is 19.5. The van der Waals surface area contributed by atoms with Gasteiger partial charge in [0.05, 0.1) is 29.9 Å². The van der Waals surface area contributed by atoms with Crippen molar-refractivity contribution >= 4 is 21.9 Å². The van der Waals surface area contributed by atoms with E-state index in [0.29, 0.717) is 31.7 Å². The summed E-state index contributed by atoms with van der Waals surface area (Å²) < 4.78 is 7.89. The zero-order valence-corrected chi connectivity index (χ0v) is 17.4. The van der Waals surface area contributed by atoms with Gasteiger partial charge in [-0.3, -0.25) is 9.69 Å². The number of nitrogens with zero attached hydrogens (tertiary/aromatic N) is 5. The van der Waals surface area contributed by atoms with E-state index in [-0.39, 0.29) is 5.56 Å². The van der Waals surface area contributed by atoms with E-state index in [0.717, 1.165) is 48.2 Å². The average molecular weight is 449 g/mol. The number of anilines is 1. The predicted molar refractivity (Wildman–Crippen MR) is 109 cm³/mol. The van der Waals surface area contributed by atoms with Gasteiger partial charge in [0.2, 0.25) is 5.95 Å². The molecule has 1 atom stereocenters. The van der Waals surface area contributed by atoms with E-state index < -0.39 is 0 Å². The van der Waals surface area contributed by atoms with Crippen LogP contribution in [0.2, 0.25) is 0 Å². The molecule has 0 bridgehead atoms. The van der Waals surface area contributed by atoms with Crippen molar-refractivity contribution in [3.8, 4) is 0 Å². The molecule has 2 aromatic rings. The molecule has 150 valence electrons. The van der Waals surface area contributed by atoms with Crippen LogP contribution in [0.5, 0.6) is 0 Å². The Labute approximate surface area is 172 Å². The Morgan fingerprint density at radius 2 is 2.11 bits per heavy atom. The zero-order valence-electron chi connectivity index (χ0n) is 15.8. The van der Waals surface area contributed by atoms with E-state index >= 15 is 0 Å². The minimum Gasteiger partial charge on any atom is -0.376 e. The first-order chi connectivity index (χ1) is 13.7. The number of likely N-dealkylation sites (tertiary alicyclic amines) is 1. The lowest BCUT2D eigenvalue weighted by molar-refractivity contribution is 0.107. The van der Waals surface area contributed by atoms with Crippen molar-refractivity contribution in [1.29, 1.82) is 0 Å². The van der Waals surface area contributed by atoms with Crippen molar-refractivity contribution < 1.29 is 4.74 Å². The van der Waals surface area contributed by atoms with Crippen molar-refractivity contribution in [3.05, 3.63) is 44.5 Å². The van der Waals surface area contributed by atoms with Gasteiger partial charge in [0.25, 0.3) is 5.56 Å². The molecule has 2 aliphatic rings. The van der Waals surface area contributed by atoms with Crippen molar-refractivity contribution in [1.82, 2.24) is 24.6 Å². The summed E-state index contributed by atoms with van der Waals surface area (Å²) in [6.07, 6.45) is 7.81. The summed E-state index contributed by atoms with van der Waals surface area (Å²) in [6.45, 7) is 4.44. The molecule has 1 unspecified atom stereocenters. The molecular weight excluding hydrogens is 424 g/mol. The van der Waals surface area contributed by atoms with Gasteiger partial charge in [-0.25, -0.2) is 14.6 Å². The highest BCUT2D eigenvalue weighted by Gasteiger charge is 2.23. The van der Waals surface area contributed by atoms with E-state index in [1.165, 1.54) is 12.8 Å². The summed E-state index contributed by atoms with van der Waals surface area (Å²) in [5.74, 6) is 0.642. The van der Waals surface area contributed by atoms with E-state index in [4.69, 9.17) is 4.74 Å². The van der Waals surface area contributed by atoms with Gasteiger partial charge in [0.15, 0.2) is 0 Å². The second-order valence-electron chi connectivity index (χ2n) is 7.27. The molecule has 0 radical (unpaired) electrons. The molecule has 1 N–H and O–H groups in total. The van der Waals surface area contributed by atoms with Crippen LogP contribution in [-0.4, -0.2) is 56.9 Å². The Balaban J connectivity index is 1.37. The monoisotopic (exact) mass is 448 g/mol. The summed E-state index contributed by atoms with van der Waals surface area (Å²) in [6, 6.07) is 2.09. The number of aromatic nitrogens is 4. The summed E-state index contributed by atoms with van der Waals surface area (Å²) in [5.41, 5.74) is 1.89. The largest absolute Gasteiger partial charge is 0.376 e. The number of hydrogen-bond donors (Lipinski definition) is 1. The van der Waals surface area contributed by atoms with Gasteiger partial charge >= 0.3 is 0 Å². The Morgan fingerprint density at radius 1 is 1.25 bits per heavy atom. The Bertz CT molecular complexity index is 856. The topological polar surface area (TPSA) is 85.2 Å². The molecular formula is C19H25BrN6O2. The fourth-order valence-corrected chi connectivity index (χ4v) is 4.04. The van der Waals surface area contributed by atoms with Crippen molar-refractivity contribution in [2.75, 3.05) is 31.6 Å². The highest BCUT2D eigenvalue weighted by atomic mass is 79.9. The van der Waals surface area contributed by atoms with Crippen LogP contribution in [0.15, 0.2) is 27.7 Å². The summed E-state index contributed by atoms with van der Waals surface area (Å²) in [7, 11) is 0. The predicted octanol–water partition coefficient (Wildman–Crippen LogP) is 1.84. The third kappa shape index (κ3) is 4.76. The number of piperidine rings is 1. The van der Waals surface area contributed by atoms with Crippen LogP contribution in [0.25, 0.3) is 0 Å². The van der Waals surface area contributed by atoms with Crippen molar-refractivity contribution in [2.45, 2.75) is 44.9 Å². The summed E-state index contributed by atoms with van der Waals surface area (Å²) in [5, 5.41) is 7.92. The Morgan fingerprint density at radius 3 is 2.96 bits per heavy atom. The maximum atomic E-state index is 12.4. The summed E-state index contributed by atoms with van der Waals surface area (Å²) >= 11 is 3.35. The summed E-state index contributed by atoms with van der Waals surface area (Å²) in [4.78, 5) is 23.4. The maximum Gasteiger partial charge on any atom is 0.267 e. The van der Waals surface area contributed by atoms with Crippen LogP contribution < -0.4 is 10.9 Å². The van der Waals surface area contributed by atoms with Gasteiger partial charge in [-0.15, -0.1) is 0 Å². The molecule has 2 aliphatic heterocycles. The number of nitrogens with one attached hydrogen (secondary N) is 1. The average Bonchev–Trinajstić information content (AvgIpc) is 2.72. The molecule has 0 saturated carbocycles. The molecule has 0 aliphatic carbocycles. The molecule has 9 heteroatoms.